The molecule has 0 aliphatic carbocycles. The van der Waals surface area contributed by atoms with Crippen LogP contribution in [0.4, 0.5) is 0 Å². The van der Waals surface area contributed by atoms with E-state index in [-0.39, 0.29) is 6.04 Å². The lowest BCUT2D eigenvalue weighted by Crippen LogP contribution is -2.48. The van der Waals surface area contributed by atoms with E-state index in [2.05, 4.69) is 14.7 Å². The maximum absolute atomic E-state index is 12.0. The molecule has 0 aromatic rings. The van der Waals surface area contributed by atoms with Crippen molar-refractivity contribution in [3.63, 3.8) is 0 Å². The molecule has 0 bridgehead atoms. The van der Waals surface area contributed by atoms with E-state index in [4.69, 9.17) is 5.53 Å². The van der Waals surface area contributed by atoms with Crippen LogP contribution >= 0.6 is 0 Å². The van der Waals surface area contributed by atoms with Crippen LogP contribution in [0, 0.1) is 0 Å². The first-order chi connectivity index (χ1) is 8.58. The molecule has 0 spiro atoms. The molecule has 104 valence electrons. The summed E-state index contributed by atoms with van der Waals surface area (Å²) >= 11 is 0. The van der Waals surface area contributed by atoms with Gasteiger partial charge in [-0.15, -0.1) is 0 Å². The van der Waals surface area contributed by atoms with Gasteiger partial charge in [-0.25, -0.2) is 4.72 Å². The Hall–Kier alpha value is -0.820. The molecule has 1 atom stereocenters. The summed E-state index contributed by atoms with van der Waals surface area (Å²) < 4.78 is 28.2. The zero-order chi connectivity index (χ0) is 13.4. The number of nitrogens with one attached hydrogen (secondary N) is 1. The van der Waals surface area contributed by atoms with Crippen molar-refractivity contribution in [3.05, 3.63) is 10.4 Å². The Morgan fingerprint density at radius 3 is 2.89 bits per heavy atom. The molecule has 1 fully saturated rings. The Labute approximate surface area is 108 Å². The van der Waals surface area contributed by atoms with Gasteiger partial charge < -0.3 is 0 Å². The van der Waals surface area contributed by atoms with E-state index in [0.717, 1.165) is 19.3 Å². The zero-order valence-corrected chi connectivity index (χ0v) is 11.6. The zero-order valence-electron chi connectivity index (χ0n) is 10.7. The maximum Gasteiger partial charge on any atom is 0.279 e. The van der Waals surface area contributed by atoms with E-state index in [0.29, 0.717) is 32.5 Å². The van der Waals surface area contributed by atoms with Gasteiger partial charge in [-0.2, -0.15) is 12.7 Å². The summed E-state index contributed by atoms with van der Waals surface area (Å²) in [5.41, 5.74) is 8.09. The Morgan fingerprint density at radius 2 is 2.22 bits per heavy atom. The normalized spacial score (nSPS) is 21.5. The van der Waals surface area contributed by atoms with E-state index in [1.54, 1.807) is 4.31 Å². The van der Waals surface area contributed by atoms with Gasteiger partial charge in [0.05, 0.1) is 0 Å². The third-order valence-corrected chi connectivity index (χ3v) is 4.81. The molecule has 0 radical (unpaired) electrons. The number of nitrogens with zero attached hydrogens (tertiary/aromatic N) is 4. The van der Waals surface area contributed by atoms with Crippen molar-refractivity contribution in [3.8, 4) is 0 Å². The van der Waals surface area contributed by atoms with E-state index < -0.39 is 10.2 Å². The largest absolute Gasteiger partial charge is 0.279 e. The minimum absolute atomic E-state index is 0.0828. The van der Waals surface area contributed by atoms with Crippen molar-refractivity contribution < 1.29 is 8.42 Å². The maximum atomic E-state index is 12.0. The molecule has 1 heterocycles. The highest BCUT2D eigenvalue weighted by Gasteiger charge is 2.28. The third kappa shape index (κ3) is 4.81. The van der Waals surface area contributed by atoms with Gasteiger partial charge in [-0.3, -0.25) is 0 Å². The summed E-state index contributed by atoms with van der Waals surface area (Å²) in [7, 11) is -3.35. The Bertz CT molecular complexity index is 391. The highest BCUT2D eigenvalue weighted by molar-refractivity contribution is 7.87. The molecule has 1 N–H and O–H groups in total. The lowest BCUT2D eigenvalue weighted by atomic mass is 10.1. The molecule has 18 heavy (non-hydrogen) atoms. The molecule has 0 saturated carbocycles. The predicted octanol–water partition coefficient (Wildman–Crippen LogP) is 1.79. The van der Waals surface area contributed by atoms with E-state index in [1.807, 2.05) is 6.92 Å². The average molecular weight is 275 g/mol. The van der Waals surface area contributed by atoms with Crippen LogP contribution in [0.5, 0.6) is 0 Å². The van der Waals surface area contributed by atoms with Crippen LogP contribution in [0.15, 0.2) is 5.11 Å². The van der Waals surface area contributed by atoms with Crippen LogP contribution in [-0.2, 0) is 10.2 Å². The number of unbranched alkanes of at least 4 members (excludes halogenated alkanes) is 1. The van der Waals surface area contributed by atoms with Gasteiger partial charge in [0, 0.05) is 30.6 Å². The standard InChI is InChI=1S/C10H21N5O2S/c1-10-6-2-5-9-15(10)18(16,17)13-8-4-3-7-12-14-11/h10,13H,2-9H2,1H3. The highest BCUT2D eigenvalue weighted by atomic mass is 32.2. The van der Waals surface area contributed by atoms with Crippen molar-refractivity contribution >= 4 is 10.2 Å². The second-order valence-electron chi connectivity index (χ2n) is 4.52. The van der Waals surface area contributed by atoms with E-state index in [1.165, 1.54) is 0 Å². The smallest absolute Gasteiger partial charge is 0.202 e. The monoisotopic (exact) mass is 275 g/mol. The first-order valence-electron chi connectivity index (χ1n) is 6.35. The van der Waals surface area contributed by atoms with Gasteiger partial charge in [-0.05, 0) is 38.1 Å². The number of rotatable bonds is 7. The number of azide groups is 1. The van der Waals surface area contributed by atoms with Crippen molar-refractivity contribution in [1.82, 2.24) is 9.03 Å². The third-order valence-electron chi connectivity index (χ3n) is 3.08. The van der Waals surface area contributed by atoms with Gasteiger partial charge in [0.25, 0.3) is 10.2 Å². The Kier molecular flexibility index (Phi) is 6.42. The van der Waals surface area contributed by atoms with E-state index >= 15 is 0 Å². The molecule has 1 saturated heterocycles. The van der Waals surface area contributed by atoms with Crippen molar-refractivity contribution in [2.24, 2.45) is 5.11 Å². The van der Waals surface area contributed by atoms with Crippen LogP contribution in [-0.4, -0.2) is 38.4 Å². The van der Waals surface area contributed by atoms with Gasteiger partial charge in [-0.1, -0.05) is 11.5 Å². The van der Waals surface area contributed by atoms with Crippen LogP contribution in [0.25, 0.3) is 10.4 Å². The lowest BCUT2D eigenvalue weighted by molar-refractivity contribution is 0.265. The lowest BCUT2D eigenvalue weighted by Gasteiger charge is -2.32. The fourth-order valence-corrected chi connectivity index (χ4v) is 3.58. The molecular weight excluding hydrogens is 254 g/mol. The summed E-state index contributed by atoms with van der Waals surface area (Å²) in [6.45, 7) is 3.36. The topological polar surface area (TPSA) is 98.2 Å². The summed E-state index contributed by atoms with van der Waals surface area (Å²) in [5, 5.41) is 3.40. The molecule has 0 aromatic carbocycles. The molecule has 7 nitrogen and oxygen atoms in total. The van der Waals surface area contributed by atoms with Crippen LogP contribution in [0.1, 0.15) is 39.0 Å². The first-order valence-corrected chi connectivity index (χ1v) is 7.79. The van der Waals surface area contributed by atoms with Crippen molar-refractivity contribution in [2.75, 3.05) is 19.6 Å². The SMILES string of the molecule is CC1CCCCN1S(=O)(=O)NCCCCN=[N+]=[N-]. The van der Waals surface area contributed by atoms with Crippen LogP contribution in [0.3, 0.4) is 0 Å². The van der Waals surface area contributed by atoms with Crippen LogP contribution < -0.4 is 4.72 Å². The van der Waals surface area contributed by atoms with Gasteiger partial charge in [0.15, 0.2) is 0 Å². The molecule has 1 aliphatic heterocycles. The van der Waals surface area contributed by atoms with Crippen LogP contribution in [0.2, 0.25) is 0 Å². The van der Waals surface area contributed by atoms with Crippen molar-refractivity contribution in [1.29, 1.82) is 0 Å². The second-order valence-corrected chi connectivity index (χ2v) is 6.22. The summed E-state index contributed by atoms with van der Waals surface area (Å²) in [5.74, 6) is 0. The molecule has 8 heteroatoms. The summed E-state index contributed by atoms with van der Waals surface area (Å²) in [6.07, 6.45) is 4.34. The summed E-state index contributed by atoms with van der Waals surface area (Å²) in [4.78, 5) is 2.64. The molecular formula is C10H21N5O2S. The highest BCUT2D eigenvalue weighted by Crippen LogP contribution is 2.18. The van der Waals surface area contributed by atoms with Gasteiger partial charge >= 0.3 is 0 Å². The molecule has 0 aromatic heterocycles. The van der Waals surface area contributed by atoms with Gasteiger partial charge in [0.2, 0.25) is 0 Å². The molecule has 1 aliphatic rings. The fraction of sp³-hybridized carbons (Fsp3) is 1.00. The Morgan fingerprint density at radius 1 is 1.44 bits per heavy atom. The fourth-order valence-electron chi connectivity index (χ4n) is 2.07. The molecule has 0 amide bonds. The number of hydrogen-bond acceptors (Lipinski definition) is 3. The van der Waals surface area contributed by atoms with Crippen molar-refractivity contribution in [2.45, 2.75) is 45.1 Å². The Balaban J connectivity index is 2.32. The average Bonchev–Trinajstić information content (AvgIpc) is 2.34. The minimum Gasteiger partial charge on any atom is -0.202 e. The second kappa shape index (κ2) is 7.58. The molecule has 1 unspecified atom stereocenters. The van der Waals surface area contributed by atoms with Gasteiger partial charge in [0.1, 0.15) is 0 Å². The minimum atomic E-state index is -3.35. The quantitative estimate of drug-likeness (QED) is 0.331. The summed E-state index contributed by atoms with van der Waals surface area (Å²) in [6, 6.07) is 0.0828. The predicted molar refractivity (Wildman–Crippen MR) is 70.2 cm³/mol. The molecule has 1 rings (SSSR count). The first kappa shape index (κ1) is 15.2. The van der Waals surface area contributed by atoms with E-state index in [9.17, 15) is 8.42 Å². The number of hydrogen-bond donors (Lipinski definition) is 1. The number of piperidine rings is 1.